The van der Waals surface area contributed by atoms with Crippen molar-refractivity contribution < 1.29 is 14.4 Å². The van der Waals surface area contributed by atoms with Gasteiger partial charge in [0.25, 0.3) is 11.8 Å². The predicted octanol–water partition coefficient (Wildman–Crippen LogP) is 4.86. The zero-order valence-corrected chi connectivity index (χ0v) is 18.0. The minimum absolute atomic E-state index is 0.102. The third-order valence-corrected chi connectivity index (χ3v) is 5.79. The molecule has 2 heterocycles. The highest BCUT2D eigenvalue weighted by Gasteiger charge is 2.37. The van der Waals surface area contributed by atoms with Gasteiger partial charge in [-0.2, -0.15) is 0 Å². The molecular formula is C27H21N3O3. The molecule has 6 nitrogen and oxygen atoms in total. The van der Waals surface area contributed by atoms with E-state index in [9.17, 15) is 14.4 Å². The van der Waals surface area contributed by atoms with Gasteiger partial charge in [0.15, 0.2) is 0 Å². The van der Waals surface area contributed by atoms with Gasteiger partial charge < -0.3 is 4.57 Å². The number of nitrogens with zero attached hydrogens (tertiary/aromatic N) is 2. The van der Waals surface area contributed by atoms with Crippen LogP contribution in [-0.2, 0) is 16.0 Å². The molecule has 1 aromatic heterocycles. The molecule has 1 aliphatic heterocycles. The highest BCUT2D eigenvalue weighted by Crippen LogP contribution is 2.25. The topological polar surface area (TPSA) is 71.4 Å². The molecule has 1 N–H and O–H groups in total. The summed E-state index contributed by atoms with van der Waals surface area (Å²) in [5.74, 6) is -1.36. The van der Waals surface area contributed by atoms with Crippen molar-refractivity contribution in [3.8, 4) is 5.69 Å². The first-order chi connectivity index (χ1) is 16.0. The molecule has 162 valence electrons. The number of hydrogen-bond donors (Lipinski definition) is 1. The summed E-state index contributed by atoms with van der Waals surface area (Å²) in [6.07, 6.45) is 4.23. The second-order valence-electron chi connectivity index (χ2n) is 7.81. The van der Waals surface area contributed by atoms with Crippen molar-refractivity contribution in [3.63, 3.8) is 0 Å². The van der Waals surface area contributed by atoms with Gasteiger partial charge in [0.2, 0.25) is 0 Å². The number of anilines is 1. The standard InChI is InChI=1S/C27H21N3O3/c1-2-18-9-12-21(13-10-18)30-26(32)24(25(31)28-27(30)33)17-22-8-5-15-29(22)23-14-11-19-6-3-4-7-20(19)16-23/h3-17H,2H2,1H3,(H,28,31,33)/b24-17+. The number of aromatic nitrogens is 1. The first-order valence-corrected chi connectivity index (χ1v) is 10.7. The maximum atomic E-state index is 13.2. The molecule has 0 spiro atoms. The van der Waals surface area contributed by atoms with Crippen LogP contribution in [0.5, 0.6) is 0 Å². The molecule has 0 radical (unpaired) electrons. The maximum absolute atomic E-state index is 13.2. The monoisotopic (exact) mass is 435 g/mol. The molecule has 3 aromatic carbocycles. The Balaban J connectivity index is 1.53. The lowest BCUT2D eigenvalue weighted by molar-refractivity contribution is -0.122. The lowest BCUT2D eigenvalue weighted by Gasteiger charge is -2.26. The number of rotatable bonds is 4. The summed E-state index contributed by atoms with van der Waals surface area (Å²) in [5.41, 5.74) is 2.95. The van der Waals surface area contributed by atoms with Gasteiger partial charge in [-0.1, -0.05) is 49.4 Å². The average molecular weight is 435 g/mol. The fraction of sp³-hybridized carbons (Fsp3) is 0.0741. The van der Waals surface area contributed by atoms with Crippen LogP contribution in [0.3, 0.4) is 0 Å². The Morgan fingerprint density at radius 3 is 2.30 bits per heavy atom. The minimum atomic E-state index is -0.753. The van der Waals surface area contributed by atoms with Crippen LogP contribution in [0.15, 0.2) is 90.6 Å². The number of carbonyl (C=O) groups is 3. The Morgan fingerprint density at radius 1 is 0.818 bits per heavy atom. The van der Waals surface area contributed by atoms with Crippen LogP contribution in [0, 0.1) is 0 Å². The van der Waals surface area contributed by atoms with Gasteiger partial charge in [0, 0.05) is 17.6 Å². The normalized spacial score (nSPS) is 15.4. The minimum Gasteiger partial charge on any atom is -0.317 e. The van der Waals surface area contributed by atoms with Crippen molar-refractivity contribution in [2.24, 2.45) is 0 Å². The van der Waals surface area contributed by atoms with Gasteiger partial charge >= 0.3 is 6.03 Å². The van der Waals surface area contributed by atoms with E-state index in [2.05, 4.69) is 5.32 Å². The molecule has 0 bridgehead atoms. The summed E-state index contributed by atoms with van der Waals surface area (Å²) in [4.78, 5) is 39.3. The summed E-state index contributed by atoms with van der Waals surface area (Å²) in [6, 6.07) is 24.2. The predicted molar refractivity (Wildman–Crippen MR) is 128 cm³/mol. The molecule has 4 amide bonds. The van der Waals surface area contributed by atoms with E-state index < -0.39 is 17.8 Å². The third-order valence-electron chi connectivity index (χ3n) is 5.79. The number of benzene rings is 3. The van der Waals surface area contributed by atoms with E-state index in [1.54, 1.807) is 12.1 Å². The number of imide groups is 2. The van der Waals surface area contributed by atoms with Crippen molar-refractivity contribution in [2.45, 2.75) is 13.3 Å². The molecular weight excluding hydrogens is 414 g/mol. The molecule has 0 saturated carbocycles. The second-order valence-corrected chi connectivity index (χ2v) is 7.81. The molecule has 33 heavy (non-hydrogen) atoms. The van der Waals surface area contributed by atoms with E-state index in [1.807, 2.05) is 84.4 Å². The Bertz CT molecular complexity index is 1430. The molecule has 6 heteroatoms. The molecule has 1 saturated heterocycles. The van der Waals surface area contributed by atoms with Gasteiger partial charge in [0.05, 0.1) is 5.69 Å². The Labute approximate surface area is 190 Å². The van der Waals surface area contributed by atoms with E-state index in [0.717, 1.165) is 33.3 Å². The largest absolute Gasteiger partial charge is 0.335 e. The molecule has 4 aromatic rings. The zero-order valence-electron chi connectivity index (χ0n) is 18.0. The number of nitrogens with one attached hydrogen (secondary N) is 1. The quantitative estimate of drug-likeness (QED) is 0.368. The van der Waals surface area contributed by atoms with Crippen LogP contribution in [0.1, 0.15) is 18.2 Å². The lowest BCUT2D eigenvalue weighted by Crippen LogP contribution is -2.54. The van der Waals surface area contributed by atoms with Crippen LogP contribution in [-0.4, -0.2) is 22.4 Å². The molecule has 0 unspecified atom stereocenters. The summed E-state index contributed by atoms with van der Waals surface area (Å²) in [5, 5.41) is 4.49. The lowest BCUT2D eigenvalue weighted by atomic mass is 10.1. The van der Waals surface area contributed by atoms with Crippen LogP contribution in [0.2, 0.25) is 0 Å². The van der Waals surface area contributed by atoms with Crippen LogP contribution in [0.25, 0.3) is 22.5 Å². The number of barbiturate groups is 1. The molecule has 0 atom stereocenters. The maximum Gasteiger partial charge on any atom is 0.335 e. The number of fused-ring (bicyclic) bond motifs is 1. The zero-order chi connectivity index (χ0) is 22.9. The van der Waals surface area contributed by atoms with E-state index in [-0.39, 0.29) is 5.57 Å². The first-order valence-electron chi connectivity index (χ1n) is 10.7. The number of carbonyl (C=O) groups excluding carboxylic acids is 3. The number of amides is 4. The van der Waals surface area contributed by atoms with Gasteiger partial charge in [-0.05, 0) is 65.2 Å². The van der Waals surface area contributed by atoms with Crippen LogP contribution >= 0.6 is 0 Å². The van der Waals surface area contributed by atoms with Crippen molar-refractivity contribution in [2.75, 3.05) is 4.90 Å². The Morgan fingerprint density at radius 2 is 1.55 bits per heavy atom. The SMILES string of the molecule is CCc1ccc(N2C(=O)NC(=O)/C(=C\c3cccn3-c3ccc4ccccc4c3)C2=O)cc1. The van der Waals surface area contributed by atoms with Crippen molar-refractivity contribution in [3.05, 3.63) is 102 Å². The van der Waals surface area contributed by atoms with E-state index in [0.29, 0.717) is 11.4 Å². The van der Waals surface area contributed by atoms with Gasteiger partial charge in [-0.15, -0.1) is 0 Å². The fourth-order valence-electron chi connectivity index (χ4n) is 3.99. The summed E-state index contributed by atoms with van der Waals surface area (Å²) < 4.78 is 1.90. The van der Waals surface area contributed by atoms with Gasteiger partial charge in [0.1, 0.15) is 5.57 Å². The third kappa shape index (κ3) is 3.72. The molecule has 5 rings (SSSR count). The fourth-order valence-corrected chi connectivity index (χ4v) is 3.99. The molecule has 1 fully saturated rings. The smallest absolute Gasteiger partial charge is 0.317 e. The molecule has 1 aliphatic rings. The second kappa shape index (κ2) is 8.24. The van der Waals surface area contributed by atoms with Gasteiger partial charge in [-0.25, -0.2) is 9.69 Å². The Hall–Kier alpha value is -4.45. The van der Waals surface area contributed by atoms with Crippen molar-refractivity contribution in [1.29, 1.82) is 0 Å². The van der Waals surface area contributed by atoms with Crippen LogP contribution in [0.4, 0.5) is 10.5 Å². The number of hydrogen-bond acceptors (Lipinski definition) is 3. The summed E-state index contributed by atoms with van der Waals surface area (Å²) >= 11 is 0. The Kier molecular flexibility index (Phi) is 5.11. The summed E-state index contributed by atoms with van der Waals surface area (Å²) in [7, 11) is 0. The highest BCUT2D eigenvalue weighted by atomic mass is 16.2. The van der Waals surface area contributed by atoms with E-state index in [4.69, 9.17) is 0 Å². The highest BCUT2D eigenvalue weighted by molar-refractivity contribution is 6.39. The first kappa shape index (κ1) is 20.5. The van der Waals surface area contributed by atoms with Crippen LogP contribution < -0.4 is 10.2 Å². The van der Waals surface area contributed by atoms with E-state index in [1.165, 1.54) is 6.08 Å². The number of aryl methyl sites for hydroxylation is 1. The summed E-state index contributed by atoms with van der Waals surface area (Å²) in [6.45, 7) is 2.03. The molecule has 0 aliphatic carbocycles. The average Bonchev–Trinajstić information content (AvgIpc) is 3.30. The van der Waals surface area contributed by atoms with Gasteiger partial charge in [-0.3, -0.25) is 14.9 Å². The van der Waals surface area contributed by atoms with E-state index >= 15 is 0 Å². The number of urea groups is 1. The van der Waals surface area contributed by atoms with Crippen molar-refractivity contribution in [1.82, 2.24) is 9.88 Å². The van der Waals surface area contributed by atoms with Crippen molar-refractivity contribution >= 4 is 40.4 Å².